The third kappa shape index (κ3) is 4.71. The van der Waals surface area contributed by atoms with Crippen molar-refractivity contribution in [2.45, 2.75) is 45.8 Å². The van der Waals surface area contributed by atoms with Crippen LogP contribution in [0.25, 0.3) is 0 Å². The van der Waals surface area contributed by atoms with Crippen LogP contribution in [0.15, 0.2) is 0 Å². The molecule has 2 N–H and O–H groups in total. The first kappa shape index (κ1) is 13.0. The highest BCUT2D eigenvalue weighted by atomic mass is 32.2. The Morgan fingerprint density at radius 3 is 2.38 bits per heavy atom. The summed E-state index contributed by atoms with van der Waals surface area (Å²) >= 11 is -2.41. The lowest BCUT2D eigenvalue weighted by molar-refractivity contribution is -0.172. The average Bonchev–Trinajstić information content (AvgIpc) is 1.99. The molecule has 0 radical (unpaired) electrons. The van der Waals surface area contributed by atoms with E-state index in [2.05, 4.69) is 4.18 Å². The van der Waals surface area contributed by atoms with E-state index in [9.17, 15) is 9.32 Å². The molecule has 0 rings (SSSR count). The molecule has 0 spiro atoms. The fourth-order valence-corrected chi connectivity index (χ4v) is 1.50. The normalized spacial score (nSPS) is 18.6. The van der Waals surface area contributed by atoms with Crippen LogP contribution in [0.4, 0.5) is 0 Å². The van der Waals surface area contributed by atoms with Gasteiger partial charge in [-0.05, 0) is 6.42 Å². The van der Waals surface area contributed by atoms with E-state index in [0.717, 1.165) is 12.8 Å². The smallest absolute Gasteiger partial charge is 0.304 e. The van der Waals surface area contributed by atoms with Crippen molar-refractivity contribution in [2.24, 2.45) is 5.92 Å². The Kier molecular flexibility index (Phi) is 5.71. The first-order chi connectivity index (χ1) is 5.92. The third-order valence-corrected chi connectivity index (χ3v) is 2.44. The molecule has 4 nitrogen and oxygen atoms in total. The van der Waals surface area contributed by atoms with Crippen molar-refractivity contribution in [1.82, 2.24) is 0 Å². The molecule has 13 heavy (non-hydrogen) atoms. The summed E-state index contributed by atoms with van der Waals surface area (Å²) in [7, 11) is 0. The van der Waals surface area contributed by atoms with Gasteiger partial charge in [0.25, 0.3) is 0 Å². The summed E-state index contributed by atoms with van der Waals surface area (Å²) in [6, 6.07) is 0. The Labute approximate surface area is 81.8 Å². The molecule has 0 fully saturated rings. The second kappa shape index (κ2) is 5.70. The Bertz CT molecular complexity index is 172. The lowest BCUT2D eigenvalue weighted by Crippen LogP contribution is -2.38. The second-order valence-corrected chi connectivity index (χ2v) is 4.00. The van der Waals surface area contributed by atoms with Crippen LogP contribution in [0.2, 0.25) is 0 Å². The van der Waals surface area contributed by atoms with Gasteiger partial charge in [-0.15, -0.1) is 0 Å². The largest absolute Gasteiger partial charge is 0.364 e. The van der Waals surface area contributed by atoms with Gasteiger partial charge in [0.15, 0.2) is 5.79 Å². The highest BCUT2D eigenvalue weighted by Gasteiger charge is 2.33. The fraction of sp³-hybridized carbons (Fsp3) is 1.00. The van der Waals surface area contributed by atoms with E-state index in [1.165, 1.54) is 0 Å². The summed E-state index contributed by atoms with van der Waals surface area (Å²) in [4.78, 5) is 0. The average molecular weight is 210 g/mol. The van der Waals surface area contributed by atoms with Crippen LogP contribution >= 0.6 is 0 Å². The Morgan fingerprint density at radius 1 is 1.54 bits per heavy atom. The van der Waals surface area contributed by atoms with Crippen molar-refractivity contribution in [3.63, 3.8) is 0 Å². The molecule has 0 heterocycles. The zero-order valence-corrected chi connectivity index (χ0v) is 9.13. The van der Waals surface area contributed by atoms with Crippen LogP contribution in [0, 0.1) is 5.92 Å². The fourth-order valence-electron chi connectivity index (χ4n) is 0.980. The topological polar surface area (TPSA) is 66.8 Å². The van der Waals surface area contributed by atoms with Gasteiger partial charge in [0, 0.05) is 12.3 Å². The van der Waals surface area contributed by atoms with Crippen LogP contribution in [0.1, 0.15) is 40.0 Å². The van der Waals surface area contributed by atoms with Crippen LogP contribution in [-0.4, -0.2) is 19.7 Å². The summed E-state index contributed by atoms with van der Waals surface area (Å²) in [5.74, 6) is -1.68. The van der Waals surface area contributed by atoms with Gasteiger partial charge in [-0.3, -0.25) is 4.55 Å². The molecule has 0 bridgehead atoms. The van der Waals surface area contributed by atoms with E-state index in [4.69, 9.17) is 4.55 Å². The molecule has 2 unspecified atom stereocenters. The summed E-state index contributed by atoms with van der Waals surface area (Å²) in [6.45, 7) is 5.49. The van der Waals surface area contributed by atoms with Gasteiger partial charge in [0.2, 0.25) is 0 Å². The van der Waals surface area contributed by atoms with Gasteiger partial charge in [0.05, 0.1) is 0 Å². The molecule has 0 aliphatic carbocycles. The van der Waals surface area contributed by atoms with E-state index in [-0.39, 0.29) is 5.92 Å². The SMILES string of the molecule is CCCCC(O)(OS(=O)O)C(C)C. The lowest BCUT2D eigenvalue weighted by Gasteiger charge is -2.29. The predicted octanol–water partition coefficient (Wildman–Crippen LogP) is 1.67. The molecule has 0 saturated heterocycles. The summed E-state index contributed by atoms with van der Waals surface area (Å²) in [5.41, 5.74) is 0. The van der Waals surface area contributed by atoms with Gasteiger partial charge in [-0.2, -0.15) is 4.21 Å². The summed E-state index contributed by atoms with van der Waals surface area (Å²) in [5, 5.41) is 9.81. The molecule has 0 aromatic heterocycles. The van der Waals surface area contributed by atoms with E-state index < -0.39 is 17.1 Å². The second-order valence-electron chi connectivity index (χ2n) is 3.40. The maximum atomic E-state index is 10.4. The molecule has 0 saturated carbocycles. The van der Waals surface area contributed by atoms with E-state index in [0.29, 0.717) is 6.42 Å². The molecular weight excluding hydrogens is 192 g/mol. The first-order valence-corrected chi connectivity index (χ1v) is 5.48. The number of hydrogen-bond acceptors (Lipinski definition) is 3. The lowest BCUT2D eigenvalue weighted by atomic mass is 9.97. The van der Waals surface area contributed by atoms with Gasteiger partial charge >= 0.3 is 11.4 Å². The zero-order valence-electron chi connectivity index (χ0n) is 8.32. The summed E-state index contributed by atoms with van der Waals surface area (Å²) < 4.78 is 23.5. The third-order valence-electron chi connectivity index (χ3n) is 2.01. The van der Waals surface area contributed by atoms with Crippen molar-refractivity contribution in [3.05, 3.63) is 0 Å². The van der Waals surface area contributed by atoms with Gasteiger partial charge in [0.1, 0.15) is 0 Å². The van der Waals surface area contributed by atoms with Crippen LogP contribution < -0.4 is 0 Å². The Balaban J connectivity index is 4.24. The number of aliphatic hydroxyl groups is 1. The Morgan fingerprint density at radius 2 is 2.08 bits per heavy atom. The van der Waals surface area contributed by atoms with Gasteiger partial charge < -0.3 is 5.11 Å². The minimum atomic E-state index is -2.41. The minimum Gasteiger partial charge on any atom is -0.364 e. The zero-order chi connectivity index (χ0) is 10.5. The molecule has 5 heteroatoms. The Hall–Kier alpha value is 0.0300. The van der Waals surface area contributed by atoms with Crippen molar-refractivity contribution in [2.75, 3.05) is 0 Å². The first-order valence-electron chi connectivity index (χ1n) is 4.45. The van der Waals surface area contributed by atoms with E-state index in [1.54, 1.807) is 13.8 Å². The maximum absolute atomic E-state index is 10.4. The van der Waals surface area contributed by atoms with Crippen molar-refractivity contribution in [3.8, 4) is 0 Å². The maximum Gasteiger partial charge on any atom is 0.304 e. The molecule has 0 aliphatic rings. The van der Waals surface area contributed by atoms with E-state index in [1.807, 2.05) is 6.92 Å². The molecule has 2 atom stereocenters. The number of rotatable bonds is 6. The number of unbranched alkanes of at least 4 members (excludes halogenated alkanes) is 1. The molecule has 0 aliphatic heterocycles. The molecule has 0 aromatic carbocycles. The van der Waals surface area contributed by atoms with Gasteiger partial charge in [-0.25, -0.2) is 4.18 Å². The van der Waals surface area contributed by atoms with Crippen molar-refractivity contribution >= 4 is 11.4 Å². The standard InChI is InChI=1S/C8H18O4S/c1-4-5-6-8(9,7(2)3)12-13(10)11/h7,9H,4-6H2,1-3H3,(H,10,11). The van der Waals surface area contributed by atoms with Crippen molar-refractivity contribution in [1.29, 1.82) is 0 Å². The quantitative estimate of drug-likeness (QED) is 0.517. The molecule has 0 amide bonds. The highest BCUT2D eigenvalue weighted by molar-refractivity contribution is 7.74. The predicted molar refractivity (Wildman–Crippen MR) is 51.2 cm³/mol. The van der Waals surface area contributed by atoms with Crippen LogP contribution in [0.3, 0.4) is 0 Å². The highest BCUT2D eigenvalue weighted by Crippen LogP contribution is 2.25. The monoisotopic (exact) mass is 210 g/mol. The minimum absolute atomic E-state index is 0.199. The molecular formula is C8H18O4S. The molecule has 0 aromatic rings. The van der Waals surface area contributed by atoms with Crippen LogP contribution in [0.5, 0.6) is 0 Å². The van der Waals surface area contributed by atoms with Gasteiger partial charge in [-0.1, -0.05) is 27.2 Å². The van der Waals surface area contributed by atoms with Crippen molar-refractivity contribution < 1.29 is 18.1 Å². The number of hydrogen-bond donors (Lipinski definition) is 2. The molecule has 80 valence electrons. The van der Waals surface area contributed by atoms with E-state index >= 15 is 0 Å². The summed E-state index contributed by atoms with van der Waals surface area (Å²) in [6.07, 6.45) is 2.07. The van der Waals surface area contributed by atoms with Crippen LogP contribution in [-0.2, 0) is 15.5 Å².